The normalized spacial score (nSPS) is 14.1. The summed E-state index contributed by atoms with van der Waals surface area (Å²) >= 11 is 0. The van der Waals surface area contributed by atoms with Crippen molar-refractivity contribution in [2.45, 2.75) is 58.0 Å². The van der Waals surface area contributed by atoms with Crippen LogP contribution in [0, 0.1) is 11.3 Å². The Morgan fingerprint density at radius 3 is 2.18 bits per heavy atom. The highest BCUT2D eigenvalue weighted by atomic mass is 16.4. The molecule has 0 fully saturated rings. The molecule has 1 aromatic rings. The van der Waals surface area contributed by atoms with Crippen LogP contribution in [0.25, 0.3) is 0 Å². The molecule has 1 atom stereocenters. The van der Waals surface area contributed by atoms with Crippen LogP contribution in [-0.2, 0) is 10.2 Å². The first-order valence-electron chi connectivity index (χ1n) is 7.76. The minimum Gasteiger partial charge on any atom is -0.481 e. The molecule has 0 aliphatic heterocycles. The van der Waals surface area contributed by atoms with E-state index in [1.165, 1.54) is 0 Å². The summed E-state index contributed by atoms with van der Waals surface area (Å²) in [6.45, 7) is 9.17. The largest absolute Gasteiger partial charge is 0.481 e. The number of carbonyl (C=O) groups is 1. The van der Waals surface area contributed by atoms with Crippen molar-refractivity contribution in [1.82, 2.24) is 4.90 Å². The zero-order valence-corrected chi connectivity index (χ0v) is 13.9. The summed E-state index contributed by atoms with van der Waals surface area (Å²) in [5, 5.41) is 19.0. The Bertz CT molecular complexity index is 512. The molecule has 0 spiro atoms. The zero-order valence-electron chi connectivity index (χ0n) is 13.9. The zero-order chi connectivity index (χ0) is 16.8. The van der Waals surface area contributed by atoms with Crippen molar-refractivity contribution in [2.75, 3.05) is 6.54 Å². The number of rotatable bonds is 8. The highest BCUT2D eigenvalue weighted by Gasteiger charge is 2.35. The van der Waals surface area contributed by atoms with Crippen molar-refractivity contribution in [1.29, 1.82) is 5.26 Å². The molecule has 0 bridgehead atoms. The molecule has 1 aromatic carbocycles. The maximum absolute atomic E-state index is 11.3. The number of carboxylic acid groups (broad SMARTS) is 1. The van der Waals surface area contributed by atoms with Crippen LogP contribution in [-0.4, -0.2) is 34.6 Å². The Kier molecular flexibility index (Phi) is 6.58. The van der Waals surface area contributed by atoms with E-state index in [1.54, 1.807) is 0 Å². The molecule has 4 heteroatoms. The van der Waals surface area contributed by atoms with Crippen molar-refractivity contribution in [2.24, 2.45) is 0 Å². The topological polar surface area (TPSA) is 64.3 Å². The molecule has 1 rings (SSSR count). The Morgan fingerprint density at radius 1 is 1.23 bits per heavy atom. The van der Waals surface area contributed by atoms with E-state index in [4.69, 9.17) is 0 Å². The van der Waals surface area contributed by atoms with Gasteiger partial charge in [0.05, 0.1) is 17.9 Å². The second-order valence-corrected chi connectivity index (χ2v) is 6.31. The molecule has 1 N–H and O–H groups in total. The Balaban J connectivity index is 3.06. The predicted molar refractivity (Wildman–Crippen MR) is 87.6 cm³/mol. The van der Waals surface area contributed by atoms with E-state index < -0.39 is 11.4 Å². The lowest BCUT2D eigenvalue weighted by Crippen LogP contribution is -2.41. The molecule has 4 nitrogen and oxygen atoms in total. The SMILES string of the molecule is CC(C)N(CCC(C#N)(CC(=O)O)c1ccccc1)C(C)C. The van der Waals surface area contributed by atoms with Gasteiger partial charge in [0.2, 0.25) is 0 Å². The minimum absolute atomic E-state index is 0.169. The van der Waals surface area contributed by atoms with Gasteiger partial charge in [-0.1, -0.05) is 30.3 Å². The number of hydrogen-bond donors (Lipinski definition) is 1. The molecular weight excluding hydrogens is 276 g/mol. The van der Waals surface area contributed by atoms with Crippen molar-refractivity contribution in [3.8, 4) is 6.07 Å². The second kappa shape index (κ2) is 7.95. The Hall–Kier alpha value is -1.86. The van der Waals surface area contributed by atoms with Crippen LogP contribution in [0.1, 0.15) is 46.1 Å². The lowest BCUT2D eigenvalue weighted by Gasteiger charge is -2.34. The average Bonchev–Trinajstić information content (AvgIpc) is 2.46. The summed E-state index contributed by atoms with van der Waals surface area (Å²) in [7, 11) is 0. The summed E-state index contributed by atoms with van der Waals surface area (Å²) < 4.78 is 0. The van der Waals surface area contributed by atoms with Crippen LogP contribution in [0.2, 0.25) is 0 Å². The number of nitrogens with zero attached hydrogens (tertiary/aromatic N) is 2. The van der Waals surface area contributed by atoms with Gasteiger partial charge in [0.25, 0.3) is 0 Å². The Labute approximate surface area is 133 Å². The van der Waals surface area contributed by atoms with Gasteiger partial charge in [-0.05, 0) is 39.7 Å². The monoisotopic (exact) mass is 302 g/mol. The van der Waals surface area contributed by atoms with E-state index in [2.05, 4.69) is 38.7 Å². The number of aliphatic carboxylic acids is 1. The number of benzene rings is 1. The molecule has 0 radical (unpaired) electrons. The standard InChI is InChI=1S/C18H26N2O2/c1-14(2)20(15(3)4)11-10-18(13-19,12-17(21)22)16-8-6-5-7-9-16/h5-9,14-15H,10-12H2,1-4H3,(H,21,22). The molecule has 0 aromatic heterocycles. The van der Waals surface area contributed by atoms with Crippen LogP contribution >= 0.6 is 0 Å². The first-order chi connectivity index (χ1) is 10.3. The lowest BCUT2D eigenvalue weighted by atomic mass is 9.76. The van der Waals surface area contributed by atoms with E-state index in [-0.39, 0.29) is 6.42 Å². The Morgan fingerprint density at radius 2 is 1.77 bits per heavy atom. The lowest BCUT2D eigenvalue weighted by molar-refractivity contribution is -0.138. The van der Waals surface area contributed by atoms with Gasteiger partial charge in [-0.15, -0.1) is 0 Å². The van der Waals surface area contributed by atoms with Crippen molar-refractivity contribution >= 4 is 5.97 Å². The van der Waals surface area contributed by atoms with Gasteiger partial charge in [0, 0.05) is 18.6 Å². The van der Waals surface area contributed by atoms with E-state index in [0.29, 0.717) is 25.0 Å². The average molecular weight is 302 g/mol. The van der Waals surface area contributed by atoms with E-state index in [1.807, 2.05) is 30.3 Å². The third-order valence-electron chi connectivity index (χ3n) is 4.12. The quantitative estimate of drug-likeness (QED) is 0.799. The summed E-state index contributed by atoms with van der Waals surface area (Å²) in [6.07, 6.45) is 0.341. The van der Waals surface area contributed by atoms with Crippen molar-refractivity contribution in [3.05, 3.63) is 35.9 Å². The first-order valence-corrected chi connectivity index (χ1v) is 7.76. The highest BCUT2D eigenvalue weighted by Crippen LogP contribution is 2.32. The number of hydrogen-bond acceptors (Lipinski definition) is 3. The molecule has 0 heterocycles. The smallest absolute Gasteiger partial charge is 0.305 e. The fraction of sp³-hybridized carbons (Fsp3) is 0.556. The highest BCUT2D eigenvalue weighted by molar-refractivity contribution is 5.70. The molecule has 0 aliphatic carbocycles. The fourth-order valence-corrected chi connectivity index (χ4v) is 2.94. The van der Waals surface area contributed by atoms with Gasteiger partial charge < -0.3 is 5.11 Å². The molecule has 0 saturated carbocycles. The minimum atomic E-state index is -0.977. The fourth-order valence-electron chi connectivity index (χ4n) is 2.94. The number of carboxylic acids is 1. The summed E-state index contributed by atoms with van der Waals surface area (Å²) in [4.78, 5) is 13.6. The van der Waals surface area contributed by atoms with Crippen LogP contribution < -0.4 is 0 Å². The predicted octanol–water partition coefficient (Wildman–Crippen LogP) is 3.43. The van der Waals surface area contributed by atoms with Gasteiger partial charge >= 0.3 is 5.97 Å². The van der Waals surface area contributed by atoms with E-state index in [0.717, 1.165) is 5.56 Å². The van der Waals surface area contributed by atoms with Crippen LogP contribution in [0.4, 0.5) is 0 Å². The third kappa shape index (κ3) is 4.57. The summed E-state index contributed by atoms with van der Waals surface area (Å²) in [6, 6.07) is 12.3. The molecule has 0 aliphatic rings. The van der Waals surface area contributed by atoms with Crippen LogP contribution in [0.5, 0.6) is 0 Å². The summed E-state index contributed by atoms with van der Waals surface area (Å²) in [5.74, 6) is -0.939. The van der Waals surface area contributed by atoms with Crippen molar-refractivity contribution in [3.63, 3.8) is 0 Å². The molecule has 22 heavy (non-hydrogen) atoms. The van der Waals surface area contributed by atoms with Crippen LogP contribution in [0.3, 0.4) is 0 Å². The van der Waals surface area contributed by atoms with E-state index in [9.17, 15) is 15.2 Å². The molecule has 0 saturated heterocycles. The molecule has 1 unspecified atom stereocenters. The summed E-state index contributed by atoms with van der Waals surface area (Å²) in [5.41, 5.74) is -0.192. The number of nitriles is 1. The second-order valence-electron chi connectivity index (χ2n) is 6.31. The molecule has 120 valence electrons. The van der Waals surface area contributed by atoms with Gasteiger partial charge in [0.15, 0.2) is 0 Å². The third-order valence-corrected chi connectivity index (χ3v) is 4.12. The van der Waals surface area contributed by atoms with Gasteiger partial charge in [-0.2, -0.15) is 5.26 Å². The van der Waals surface area contributed by atoms with E-state index >= 15 is 0 Å². The van der Waals surface area contributed by atoms with Gasteiger partial charge in [-0.25, -0.2) is 0 Å². The molecule has 0 amide bonds. The maximum atomic E-state index is 11.3. The van der Waals surface area contributed by atoms with Crippen LogP contribution in [0.15, 0.2) is 30.3 Å². The van der Waals surface area contributed by atoms with Gasteiger partial charge in [0.1, 0.15) is 0 Å². The maximum Gasteiger partial charge on any atom is 0.305 e. The van der Waals surface area contributed by atoms with Gasteiger partial charge in [-0.3, -0.25) is 9.69 Å². The van der Waals surface area contributed by atoms with Crippen molar-refractivity contribution < 1.29 is 9.90 Å². The molecular formula is C18H26N2O2. The first kappa shape index (κ1) is 18.2.